The molecule has 0 amide bonds. The van der Waals surface area contributed by atoms with Gasteiger partial charge >= 0.3 is 0 Å². The molecular formula is C13H19F2NO. The number of hydrogen-bond acceptors (Lipinski definition) is 2. The minimum absolute atomic E-state index is 0.166. The molecule has 0 fully saturated rings. The molecule has 4 heteroatoms. The van der Waals surface area contributed by atoms with Crippen molar-refractivity contribution in [3.05, 3.63) is 35.4 Å². The number of hydrogen-bond donors (Lipinski definition) is 1. The average Bonchev–Trinajstić information content (AvgIpc) is 2.29. The molecule has 0 bridgehead atoms. The van der Waals surface area contributed by atoms with E-state index < -0.39 is 11.6 Å². The lowest BCUT2D eigenvalue weighted by Gasteiger charge is -2.22. The molecule has 0 saturated carbocycles. The zero-order chi connectivity index (χ0) is 12.9. The van der Waals surface area contributed by atoms with E-state index in [0.29, 0.717) is 6.54 Å². The lowest BCUT2D eigenvalue weighted by molar-refractivity contribution is 0.0158. The van der Waals surface area contributed by atoms with Gasteiger partial charge in [0, 0.05) is 13.7 Å². The highest BCUT2D eigenvalue weighted by atomic mass is 19.2. The summed E-state index contributed by atoms with van der Waals surface area (Å²) in [5.41, 5.74) is 0.570. The molecule has 0 aliphatic heterocycles. The first kappa shape index (κ1) is 14.1. The Kier molecular flexibility index (Phi) is 5.02. The highest BCUT2D eigenvalue weighted by molar-refractivity contribution is 5.17. The number of halogens is 2. The van der Waals surface area contributed by atoms with Crippen molar-refractivity contribution in [3.8, 4) is 0 Å². The van der Waals surface area contributed by atoms with Crippen LogP contribution in [0.2, 0.25) is 0 Å². The second-order valence-corrected chi connectivity index (χ2v) is 4.64. The van der Waals surface area contributed by atoms with Crippen molar-refractivity contribution in [2.45, 2.75) is 32.4 Å². The van der Waals surface area contributed by atoms with Gasteiger partial charge in [-0.05, 0) is 44.5 Å². The molecule has 17 heavy (non-hydrogen) atoms. The molecule has 0 atom stereocenters. The van der Waals surface area contributed by atoms with Gasteiger partial charge in [-0.3, -0.25) is 0 Å². The van der Waals surface area contributed by atoms with Crippen molar-refractivity contribution in [1.29, 1.82) is 0 Å². The van der Waals surface area contributed by atoms with E-state index in [1.807, 2.05) is 13.8 Å². The summed E-state index contributed by atoms with van der Waals surface area (Å²) in [5.74, 6) is -1.62. The maximum absolute atomic E-state index is 12.9. The van der Waals surface area contributed by atoms with Crippen LogP contribution in [0.1, 0.15) is 25.8 Å². The van der Waals surface area contributed by atoms with Crippen LogP contribution in [-0.2, 0) is 11.3 Å². The number of ether oxygens (including phenoxy) is 1. The summed E-state index contributed by atoms with van der Waals surface area (Å²) < 4.78 is 30.9. The van der Waals surface area contributed by atoms with E-state index in [1.54, 1.807) is 13.2 Å². The van der Waals surface area contributed by atoms with Gasteiger partial charge in [0.25, 0.3) is 0 Å². The summed E-state index contributed by atoms with van der Waals surface area (Å²) in [4.78, 5) is 0. The first-order valence-electron chi connectivity index (χ1n) is 5.64. The Labute approximate surface area is 101 Å². The van der Waals surface area contributed by atoms with Crippen molar-refractivity contribution in [2.75, 3.05) is 13.7 Å². The fourth-order valence-electron chi connectivity index (χ4n) is 1.37. The van der Waals surface area contributed by atoms with E-state index in [0.717, 1.165) is 24.6 Å². The van der Waals surface area contributed by atoms with Gasteiger partial charge in [0.05, 0.1) is 5.60 Å². The Morgan fingerprint density at radius 2 is 1.94 bits per heavy atom. The molecule has 2 nitrogen and oxygen atoms in total. The van der Waals surface area contributed by atoms with E-state index >= 15 is 0 Å². The van der Waals surface area contributed by atoms with Gasteiger partial charge in [-0.25, -0.2) is 8.78 Å². The zero-order valence-electron chi connectivity index (χ0n) is 10.5. The molecule has 0 saturated heterocycles. The molecule has 96 valence electrons. The van der Waals surface area contributed by atoms with Crippen LogP contribution in [-0.4, -0.2) is 19.3 Å². The molecule has 0 aromatic heterocycles. The van der Waals surface area contributed by atoms with Gasteiger partial charge in [0.1, 0.15) is 0 Å². The van der Waals surface area contributed by atoms with E-state index in [9.17, 15) is 8.78 Å². The van der Waals surface area contributed by atoms with Crippen LogP contribution >= 0.6 is 0 Å². The first-order chi connectivity index (χ1) is 7.94. The molecule has 0 spiro atoms. The molecule has 0 aliphatic carbocycles. The standard InChI is InChI=1S/C13H19F2NO/c1-13(2,17-3)6-7-16-9-10-4-5-11(14)12(15)8-10/h4-5,8,16H,6-7,9H2,1-3H3. The number of methoxy groups -OCH3 is 1. The van der Waals surface area contributed by atoms with Crippen LogP contribution in [0.15, 0.2) is 18.2 Å². The Morgan fingerprint density at radius 1 is 1.24 bits per heavy atom. The Hall–Kier alpha value is -1.00. The molecular weight excluding hydrogens is 224 g/mol. The van der Waals surface area contributed by atoms with Crippen LogP contribution in [0.4, 0.5) is 8.78 Å². The molecule has 1 aromatic rings. The lowest BCUT2D eigenvalue weighted by atomic mass is 10.1. The van der Waals surface area contributed by atoms with Crippen LogP contribution in [0.5, 0.6) is 0 Å². The predicted octanol–water partition coefficient (Wildman–Crippen LogP) is 2.87. The van der Waals surface area contributed by atoms with E-state index in [4.69, 9.17) is 4.74 Å². The van der Waals surface area contributed by atoms with Crippen molar-refractivity contribution in [2.24, 2.45) is 0 Å². The van der Waals surface area contributed by atoms with E-state index in [2.05, 4.69) is 5.32 Å². The lowest BCUT2D eigenvalue weighted by Crippen LogP contribution is -2.28. The Morgan fingerprint density at radius 3 is 2.53 bits per heavy atom. The fraction of sp³-hybridized carbons (Fsp3) is 0.538. The van der Waals surface area contributed by atoms with Crippen LogP contribution in [0, 0.1) is 11.6 Å². The smallest absolute Gasteiger partial charge is 0.159 e. The summed E-state index contributed by atoms with van der Waals surface area (Å²) in [7, 11) is 1.68. The van der Waals surface area contributed by atoms with Gasteiger partial charge in [-0.15, -0.1) is 0 Å². The minimum Gasteiger partial charge on any atom is -0.379 e. The second kappa shape index (κ2) is 6.07. The zero-order valence-corrected chi connectivity index (χ0v) is 10.5. The molecule has 1 rings (SSSR count). The maximum Gasteiger partial charge on any atom is 0.159 e. The van der Waals surface area contributed by atoms with Gasteiger partial charge in [0.2, 0.25) is 0 Å². The predicted molar refractivity (Wildman–Crippen MR) is 63.8 cm³/mol. The fourth-order valence-corrected chi connectivity index (χ4v) is 1.37. The Balaban J connectivity index is 2.34. The summed E-state index contributed by atoms with van der Waals surface area (Å²) in [5, 5.41) is 3.17. The highest BCUT2D eigenvalue weighted by Crippen LogP contribution is 2.12. The monoisotopic (exact) mass is 243 g/mol. The third-order valence-electron chi connectivity index (χ3n) is 2.77. The first-order valence-corrected chi connectivity index (χ1v) is 5.64. The summed E-state index contributed by atoms with van der Waals surface area (Å²) in [6.07, 6.45) is 0.854. The van der Waals surface area contributed by atoms with Crippen molar-refractivity contribution in [1.82, 2.24) is 5.32 Å². The molecule has 0 aliphatic rings. The Bertz CT molecular complexity index is 366. The van der Waals surface area contributed by atoms with Gasteiger partial charge in [-0.1, -0.05) is 6.07 Å². The largest absolute Gasteiger partial charge is 0.379 e. The summed E-state index contributed by atoms with van der Waals surface area (Å²) in [6.45, 7) is 5.30. The van der Waals surface area contributed by atoms with Gasteiger partial charge < -0.3 is 10.1 Å². The molecule has 1 aromatic carbocycles. The number of rotatable bonds is 6. The van der Waals surface area contributed by atoms with Crippen LogP contribution in [0.3, 0.4) is 0 Å². The molecule has 0 radical (unpaired) electrons. The van der Waals surface area contributed by atoms with Crippen molar-refractivity contribution in [3.63, 3.8) is 0 Å². The highest BCUT2D eigenvalue weighted by Gasteiger charge is 2.14. The second-order valence-electron chi connectivity index (χ2n) is 4.64. The topological polar surface area (TPSA) is 21.3 Å². The van der Waals surface area contributed by atoms with Crippen molar-refractivity contribution >= 4 is 0 Å². The third-order valence-corrected chi connectivity index (χ3v) is 2.77. The van der Waals surface area contributed by atoms with Crippen LogP contribution in [0.25, 0.3) is 0 Å². The van der Waals surface area contributed by atoms with E-state index in [1.165, 1.54) is 6.07 Å². The molecule has 0 heterocycles. The van der Waals surface area contributed by atoms with Crippen LogP contribution < -0.4 is 5.32 Å². The average molecular weight is 243 g/mol. The van der Waals surface area contributed by atoms with Crippen molar-refractivity contribution < 1.29 is 13.5 Å². The number of benzene rings is 1. The molecule has 1 N–H and O–H groups in total. The minimum atomic E-state index is -0.811. The third kappa shape index (κ3) is 4.79. The van der Waals surface area contributed by atoms with Gasteiger partial charge in [-0.2, -0.15) is 0 Å². The summed E-state index contributed by atoms with van der Waals surface area (Å²) >= 11 is 0. The molecule has 0 unspecified atom stereocenters. The quantitative estimate of drug-likeness (QED) is 0.776. The SMILES string of the molecule is COC(C)(C)CCNCc1ccc(F)c(F)c1. The normalized spacial score (nSPS) is 11.8. The van der Waals surface area contributed by atoms with E-state index in [-0.39, 0.29) is 5.60 Å². The van der Waals surface area contributed by atoms with Gasteiger partial charge in [0.15, 0.2) is 11.6 Å². The summed E-state index contributed by atoms with van der Waals surface area (Å²) in [6, 6.07) is 3.93. The maximum atomic E-state index is 12.9. The number of nitrogens with one attached hydrogen (secondary N) is 1.